The first kappa shape index (κ1) is 13.1. The second-order valence-corrected chi connectivity index (χ2v) is 6.91. The van der Waals surface area contributed by atoms with Crippen LogP contribution in [0.1, 0.15) is 10.4 Å². The molecule has 0 N–H and O–H groups in total. The summed E-state index contributed by atoms with van der Waals surface area (Å²) in [5.41, 5.74) is 1.28. The van der Waals surface area contributed by atoms with Gasteiger partial charge in [-0.3, -0.25) is 0 Å². The molecule has 1 fully saturated rings. The SMILES string of the molecule is Brc1cccc2c(C(Br)C3COCCO3)csc12. The molecule has 5 heteroatoms. The van der Waals surface area contributed by atoms with E-state index < -0.39 is 0 Å². The van der Waals surface area contributed by atoms with Crippen LogP contribution in [0.4, 0.5) is 0 Å². The molecule has 0 aliphatic carbocycles. The maximum atomic E-state index is 5.76. The van der Waals surface area contributed by atoms with Crippen LogP contribution >= 0.6 is 43.2 Å². The Morgan fingerprint density at radius 2 is 2.22 bits per heavy atom. The zero-order chi connectivity index (χ0) is 12.5. The lowest BCUT2D eigenvalue weighted by molar-refractivity contribution is -0.0875. The van der Waals surface area contributed by atoms with Gasteiger partial charge in [-0.05, 0) is 38.3 Å². The summed E-state index contributed by atoms with van der Waals surface area (Å²) in [5.74, 6) is 0. The minimum Gasteiger partial charge on any atom is -0.376 e. The molecule has 3 rings (SSSR count). The number of ether oxygens (including phenoxy) is 2. The highest BCUT2D eigenvalue weighted by Crippen LogP contribution is 2.40. The van der Waals surface area contributed by atoms with Gasteiger partial charge in [-0.2, -0.15) is 0 Å². The van der Waals surface area contributed by atoms with E-state index in [4.69, 9.17) is 9.47 Å². The minimum absolute atomic E-state index is 0.0931. The van der Waals surface area contributed by atoms with Crippen molar-refractivity contribution in [1.82, 2.24) is 0 Å². The molecule has 1 aromatic carbocycles. The van der Waals surface area contributed by atoms with Gasteiger partial charge in [0.15, 0.2) is 0 Å². The van der Waals surface area contributed by atoms with Crippen molar-refractivity contribution in [2.24, 2.45) is 0 Å². The number of hydrogen-bond acceptors (Lipinski definition) is 3. The summed E-state index contributed by atoms with van der Waals surface area (Å²) < 4.78 is 13.7. The van der Waals surface area contributed by atoms with Gasteiger partial charge in [0.05, 0.1) is 30.8 Å². The molecule has 0 radical (unpaired) electrons. The summed E-state index contributed by atoms with van der Waals surface area (Å²) >= 11 is 9.11. The Morgan fingerprint density at radius 1 is 1.33 bits per heavy atom. The molecule has 2 nitrogen and oxygen atoms in total. The quantitative estimate of drug-likeness (QED) is 0.701. The normalized spacial score (nSPS) is 22.2. The van der Waals surface area contributed by atoms with Crippen LogP contribution in [0.15, 0.2) is 28.1 Å². The highest BCUT2D eigenvalue weighted by atomic mass is 79.9. The van der Waals surface area contributed by atoms with E-state index in [9.17, 15) is 0 Å². The van der Waals surface area contributed by atoms with Gasteiger partial charge in [0.1, 0.15) is 0 Å². The average Bonchev–Trinajstić information content (AvgIpc) is 2.84. The molecule has 2 heterocycles. The largest absolute Gasteiger partial charge is 0.376 e. The fraction of sp³-hybridized carbons (Fsp3) is 0.385. The summed E-state index contributed by atoms with van der Waals surface area (Å²) in [4.78, 5) is 0.181. The number of alkyl halides is 1. The van der Waals surface area contributed by atoms with Crippen LogP contribution in [-0.4, -0.2) is 25.9 Å². The molecular formula is C13H12Br2O2S. The van der Waals surface area contributed by atoms with Gasteiger partial charge in [0, 0.05) is 9.17 Å². The topological polar surface area (TPSA) is 18.5 Å². The van der Waals surface area contributed by atoms with Crippen molar-refractivity contribution in [3.05, 3.63) is 33.6 Å². The minimum atomic E-state index is 0.0931. The molecule has 0 spiro atoms. The molecule has 96 valence electrons. The lowest BCUT2D eigenvalue weighted by Crippen LogP contribution is -2.31. The Bertz CT molecular complexity index is 549. The smallest absolute Gasteiger partial charge is 0.0975 e. The van der Waals surface area contributed by atoms with Gasteiger partial charge in [-0.25, -0.2) is 0 Å². The second kappa shape index (κ2) is 5.59. The maximum Gasteiger partial charge on any atom is 0.0975 e. The van der Waals surface area contributed by atoms with Crippen molar-refractivity contribution in [2.75, 3.05) is 19.8 Å². The van der Waals surface area contributed by atoms with Crippen molar-refractivity contribution < 1.29 is 9.47 Å². The molecule has 2 aromatic rings. The van der Waals surface area contributed by atoms with E-state index in [1.165, 1.54) is 15.6 Å². The Labute approximate surface area is 127 Å². The van der Waals surface area contributed by atoms with Crippen LogP contribution < -0.4 is 0 Å². The lowest BCUT2D eigenvalue weighted by atomic mass is 10.1. The Morgan fingerprint density at radius 3 is 3.00 bits per heavy atom. The van der Waals surface area contributed by atoms with Crippen LogP contribution in [0.25, 0.3) is 10.1 Å². The van der Waals surface area contributed by atoms with Crippen molar-refractivity contribution in [2.45, 2.75) is 10.9 Å². The van der Waals surface area contributed by atoms with Gasteiger partial charge in [-0.15, -0.1) is 11.3 Å². The van der Waals surface area contributed by atoms with Gasteiger partial charge in [-0.1, -0.05) is 28.1 Å². The van der Waals surface area contributed by atoms with E-state index in [1.807, 2.05) is 0 Å². The fourth-order valence-corrected chi connectivity index (χ4v) is 4.65. The zero-order valence-corrected chi connectivity index (χ0v) is 13.6. The van der Waals surface area contributed by atoms with Crippen molar-refractivity contribution in [3.8, 4) is 0 Å². The number of halogens is 2. The summed E-state index contributed by atoms with van der Waals surface area (Å²) in [7, 11) is 0. The van der Waals surface area contributed by atoms with Crippen molar-refractivity contribution >= 4 is 53.3 Å². The van der Waals surface area contributed by atoms with Gasteiger partial charge >= 0.3 is 0 Å². The predicted octanol–water partition coefficient (Wildman–Crippen LogP) is 4.52. The summed E-state index contributed by atoms with van der Waals surface area (Å²) in [5, 5.41) is 3.48. The molecule has 1 saturated heterocycles. The first-order valence-electron chi connectivity index (χ1n) is 5.76. The zero-order valence-electron chi connectivity index (χ0n) is 9.57. The molecule has 0 bridgehead atoms. The number of fused-ring (bicyclic) bond motifs is 1. The van der Waals surface area contributed by atoms with Crippen LogP contribution in [0.2, 0.25) is 0 Å². The van der Waals surface area contributed by atoms with E-state index in [-0.39, 0.29) is 10.9 Å². The van der Waals surface area contributed by atoms with E-state index in [0.29, 0.717) is 19.8 Å². The molecule has 18 heavy (non-hydrogen) atoms. The van der Waals surface area contributed by atoms with E-state index >= 15 is 0 Å². The molecule has 1 aliphatic heterocycles. The predicted molar refractivity (Wildman–Crippen MR) is 81.8 cm³/mol. The average molecular weight is 392 g/mol. The Kier molecular flexibility index (Phi) is 4.06. The van der Waals surface area contributed by atoms with Crippen LogP contribution in [0, 0.1) is 0 Å². The van der Waals surface area contributed by atoms with Crippen molar-refractivity contribution in [3.63, 3.8) is 0 Å². The van der Waals surface area contributed by atoms with E-state index in [2.05, 4.69) is 55.4 Å². The molecule has 1 aromatic heterocycles. The summed E-state index contributed by atoms with van der Waals surface area (Å²) in [6.45, 7) is 2.03. The lowest BCUT2D eigenvalue weighted by Gasteiger charge is -2.27. The first-order valence-corrected chi connectivity index (χ1v) is 8.35. The third-order valence-corrected chi connectivity index (χ3v) is 6.10. The Hall–Kier alpha value is 0.0600. The van der Waals surface area contributed by atoms with E-state index in [0.717, 1.165) is 4.47 Å². The molecule has 1 aliphatic rings. The van der Waals surface area contributed by atoms with Gasteiger partial charge in [0.25, 0.3) is 0 Å². The van der Waals surface area contributed by atoms with Crippen LogP contribution in [-0.2, 0) is 9.47 Å². The third kappa shape index (κ3) is 2.39. The van der Waals surface area contributed by atoms with Crippen LogP contribution in [0.5, 0.6) is 0 Å². The molecule has 0 saturated carbocycles. The third-order valence-electron chi connectivity index (χ3n) is 3.05. The monoisotopic (exact) mass is 390 g/mol. The van der Waals surface area contributed by atoms with Gasteiger partial charge < -0.3 is 9.47 Å². The Balaban J connectivity index is 1.96. The number of thiophene rings is 1. The van der Waals surface area contributed by atoms with Gasteiger partial charge in [0.2, 0.25) is 0 Å². The number of rotatable bonds is 2. The number of hydrogen-bond donors (Lipinski definition) is 0. The van der Waals surface area contributed by atoms with Crippen molar-refractivity contribution in [1.29, 1.82) is 0 Å². The van der Waals surface area contributed by atoms with E-state index in [1.54, 1.807) is 11.3 Å². The highest BCUT2D eigenvalue weighted by Gasteiger charge is 2.26. The summed E-state index contributed by atoms with van der Waals surface area (Å²) in [6, 6.07) is 6.30. The first-order chi connectivity index (χ1) is 8.77. The standard InChI is InChI=1S/C13H12Br2O2S/c14-10-3-1-2-8-9(7-18-13(8)10)12(15)11-6-16-4-5-17-11/h1-3,7,11-12H,4-6H2. The second-order valence-electron chi connectivity index (χ2n) is 4.19. The molecule has 2 atom stereocenters. The highest BCUT2D eigenvalue weighted by molar-refractivity contribution is 9.10. The maximum absolute atomic E-state index is 5.76. The molecular weight excluding hydrogens is 380 g/mol. The number of benzene rings is 1. The fourth-order valence-electron chi connectivity index (χ4n) is 2.13. The molecule has 0 amide bonds. The van der Waals surface area contributed by atoms with Crippen LogP contribution in [0.3, 0.4) is 0 Å². The molecule has 2 unspecified atom stereocenters. The summed E-state index contributed by atoms with van der Waals surface area (Å²) in [6.07, 6.45) is 0.0931.